The summed E-state index contributed by atoms with van der Waals surface area (Å²) >= 11 is 0. The maximum absolute atomic E-state index is 11.7. The number of nitrogens with zero attached hydrogens (tertiary/aromatic N) is 1. The highest BCUT2D eigenvalue weighted by molar-refractivity contribution is 5.89. The molecule has 20 heavy (non-hydrogen) atoms. The van der Waals surface area contributed by atoms with E-state index in [1.807, 2.05) is 11.8 Å². The van der Waals surface area contributed by atoms with Gasteiger partial charge in [-0.05, 0) is 58.7 Å². The van der Waals surface area contributed by atoms with Crippen molar-refractivity contribution >= 4 is 17.2 Å². The van der Waals surface area contributed by atoms with Crippen molar-refractivity contribution in [3.8, 4) is 0 Å². The molecular weight excluding hydrogens is 250 g/mol. The average Bonchev–Trinajstić information content (AvgIpc) is 2.25. The van der Waals surface area contributed by atoms with Gasteiger partial charge in [-0.2, -0.15) is 0 Å². The molecule has 0 saturated carbocycles. The van der Waals surface area contributed by atoms with Gasteiger partial charge in [-0.1, -0.05) is 18.2 Å². The van der Waals surface area contributed by atoms with E-state index in [1.165, 1.54) is 5.57 Å². The number of aryl methyl sites for hydroxylation is 1. The van der Waals surface area contributed by atoms with Crippen LogP contribution in [0.1, 0.15) is 45.7 Å². The van der Waals surface area contributed by atoms with Crippen molar-refractivity contribution in [1.29, 1.82) is 0 Å². The molecule has 0 saturated heterocycles. The van der Waals surface area contributed by atoms with Gasteiger partial charge >= 0.3 is 5.97 Å². The zero-order chi connectivity index (χ0) is 15.3. The topological polar surface area (TPSA) is 40.5 Å². The predicted octanol–water partition coefficient (Wildman–Crippen LogP) is 3.86. The minimum absolute atomic E-state index is 0.341. The third-order valence-electron chi connectivity index (χ3n) is 4.05. The van der Waals surface area contributed by atoms with E-state index in [0.717, 1.165) is 16.8 Å². The molecule has 0 spiro atoms. The van der Waals surface area contributed by atoms with Gasteiger partial charge in [0.1, 0.15) is 5.54 Å². The van der Waals surface area contributed by atoms with Crippen LogP contribution in [0.25, 0.3) is 5.57 Å². The van der Waals surface area contributed by atoms with E-state index in [2.05, 4.69) is 45.0 Å². The van der Waals surface area contributed by atoms with Crippen LogP contribution in [0.15, 0.2) is 24.3 Å². The Kier molecular flexibility index (Phi) is 3.20. The Labute approximate surface area is 120 Å². The normalized spacial score (nSPS) is 17.5. The molecule has 1 N–H and O–H groups in total. The van der Waals surface area contributed by atoms with Gasteiger partial charge in [-0.25, -0.2) is 4.79 Å². The molecule has 1 aromatic rings. The number of rotatable bonds is 2. The Balaban J connectivity index is 2.74. The first-order valence-electron chi connectivity index (χ1n) is 6.91. The number of hydrogen-bond acceptors (Lipinski definition) is 2. The second kappa shape index (κ2) is 4.37. The summed E-state index contributed by atoms with van der Waals surface area (Å²) in [5, 5.41) is 9.62. The quantitative estimate of drug-likeness (QED) is 0.889. The lowest BCUT2D eigenvalue weighted by atomic mass is 9.83. The Hall–Kier alpha value is -1.77. The predicted molar refractivity (Wildman–Crippen MR) is 83.1 cm³/mol. The van der Waals surface area contributed by atoms with E-state index in [4.69, 9.17) is 0 Å². The van der Waals surface area contributed by atoms with Gasteiger partial charge in [0.25, 0.3) is 0 Å². The van der Waals surface area contributed by atoms with Crippen LogP contribution >= 0.6 is 0 Å². The monoisotopic (exact) mass is 273 g/mol. The number of carboxylic acid groups (broad SMARTS) is 1. The van der Waals surface area contributed by atoms with Crippen LogP contribution in [0.2, 0.25) is 0 Å². The lowest BCUT2D eigenvalue weighted by molar-refractivity contribution is -0.142. The van der Waals surface area contributed by atoms with Crippen LogP contribution in [-0.2, 0) is 4.79 Å². The molecule has 0 radical (unpaired) electrons. The van der Waals surface area contributed by atoms with Crippen LogP contribution < -0.4 is 4.90 Å². The van der Waals surface area contributed by atoms with E-state index in [1.54, 1.807) is 13.8 Å². The summed E-state index contributed by atoms with van der Waals surface area (Å²) in [7, 11) is 0. The van der Waals surface area contributed by atoms with Crippen molar-refractivity contribution in [2.45, 2.75) is 52.6 Å². The van der Waals surface area contributed by atoms with Gasteiger partial charge < -0.3 is 10.0 Å². The fraction of sp³-hybridized carbons (Fsp3) is 0.471. The molecular formula is C17H23NO2. The van der Waals surface area contributed by atoms with E-state index in [9.17, 15) is 9.90 Å². The maximum Gasteiger partial charge on any atom is 0.328 e. The Morgan fingerprint density at radius 2 is 1.85 bits per heavy atom. The average molecular weight is 273 g/mol. The van der Waals surface area contributed by atoms with Crippen LogP contribution in [0.3, 0.4) is 0 Å². The van der Waals surface area contributed by atoms with Gasteiger partial charge in [0.05, 0.1) is 5.54 Å². The van der Waals surface area contributed by atoms with Crippen molar-refractivity contribution in [1.82, 2.24) is 0 Å². The fourth-order valence-corrected chi connectivity index (χ4v) is 3.26. The molecule has 0 unspecified atom stereocenters. The Morgan fingerprint density at radius 1 is 1.25 bits per heavy atom. The lowest BCUT2D eigenvalue weighted by Crippen LogP contribution is -2.60. The number of aliphatic carboxylic acids is 1. The molecule has 3 heteroatoms. The van der Waals surface area contributed by atoms with E-state index >= 15 is 0 Å². The molecule has 1 aliphatic rings. The highest BCUT2D eigenvalue weighted by atomic mass is 16.4. The third-order valence-corrected chi connectivity index (χ3v) is 4.05. The minimum Gasteiger partial charge on any atom is -0.480 e. The summed E-state index contributed by atoms with van der Waals surface area (Å²) in [4.78, 5) is 13.7. The number of allylic oxidation sites excluding steroid dienone is 1. The van der Waals surface area contributed by atoms with Gasteiger partial charge in [0.2, 0.25) is 0 Å². The number of hydrogen-bond donors (Lipinski definition) is 1. The van der Waals surface area contributed by atoms with Gasteiger partial charge in [0.15, 0.2) is 0 Å². The van der Waals surface area contributed by atoms with Crippen molar-refractivity contribution in [3.63, 3.8) is 0 Å². The third kappa shape index (κ3) is 2.11. The lowest BCUT2D eigenvalue weighted by Gasteiger charge is -2.50. The van der Waals surface area contributed by atoms with Crippen LogP contribution in [-0.4, -0.2) is 22.2 Å². The summed E-state index contributed by atoms with van der Waals surface area (Å²) in [5.41, 5.74) is 3.14. The smallest absolute Gasteiger partial charge is 0.328 e. The number of benzene rings is 1. The molecule has 1 aliphatic heterocycles. The SMILES string of the molecule is CC1=CC(C)(C)N(C(C)(C)C(=O)O)c2cc(C)ccc21. The molecule has 0 fully saturated rings. The zero-order valence-electron chi connectivity index (χ0n) is 13.1. The second-order valence-corrected chi connectivity index (χ2v) is 6.70. The molecule has 0 aromatic heterocycles. The summed E-state index contributed by atoms with van der Waals surface area (Å²) in [6.45, 7) is 11.8. The molecule has 2 rings (SSSR count). The standard InChI is InChI=1S/C17H23NO2/c1-11-7-8-13-12(2)10-16(3,4)18(14(13)9-11)17(5,6)15(19)20/h7-10H,1-6H3,(H,19,20). The molecule has 0 bridgehead atoms. The zero-order valence-corrected chi connectivity index (χ0v) is 13.1. The van der Waals surface area contributed by atoms with E-state index in [-0.39, 0.29) is 5.54 Å². The molecule has 3 nitrogen and oxygen atoms in total. The highest BCUT2D eigenvalue weighted by Gasteiger charge is 2.44. The molecule has 1 aromatic carbocycles. The highest BCUT2D eigenvalue weighted by Crippen LogP contribution is 2.43. The fourth-order valence-electron chi connectivity index (χ4n) is 3.26. The summed E-state index contributed by atoms with van der Waals surface area (Å²) in [6.07, 6.45) is 2.15. The summed E-state index contributed by atoms with van der Waals surface area (Å²) in [5.74, 6) is -0.814. The minimum atomic E-state index is -0.969. The van der Waals surface area contributed by atoms with Gasteiger partial charge in [0, 0.05) is 11.3 Å². The first-order valence-corrected chi connectivity index (χ1v) is 6.91. The van der Waals surface area contributed by atoms with Crippen LogP contribution in [0.4, 0.5) is 5.69 Å². The number of anilines is 1. The maximum atomic E-state index is 11.7. The molecule has 0 aliphatic carbocycles. The van der Waals surface area contributed by atoms with Gasteiger partial charge in [-0.15, -0.1) is 0 Å². The van der Waals surface area contributed by atoms with Crippen LogP contribution in [0.5, 0.6) is 0 Å². The van der Waals surface area contributed by atoms with E-state index < -0.39 is 11.5 Å². The summed E-state index contributed by atoms with van der Waals surface area (Å²) < 4.78 is 0. The van der Waals surface area contributed by atoms with Crippen LogP contribution in [0, 0.1) is 6.92 Å². The Morgan fingerprint density at radius 3 is 2.40 bits per heavy atom. The first kappa shape index (κ1) is 14.6. The van der Waals surface area contributed by atoms with Crippen molar-refractivity contribution in [3.05, 3.63) is 35.4 Å². The first-order chi connectivity index (χ1) is 9.07. The van der Waals surface area contributed by atoms with Crippen molar-refractivity contribution < 1.29 is 9.90 Å². The largest absolute Gasteiger partial charge is 0.480 e. The number of carboxylic acids is 1. The second-order valence-electron chi connectivity index (χ2n) is 6.70. The van der Waals surface area contributed by atoms with Crippen molar-refractivity contribution in [2.75, 3.05) is 4.90 Å². The van der Waals surface area contributed by atoms with E-state index in [0.29, 0.717) is 0 Å². The molecule has 0 atom stereocenters. The molecule has 0 amide bonds. The summed E-state index contributed by atoms with van der Waals surface area (Å²) in [6, 6.07) is 6.23. The molecule has 108 valence electrons. The number of carbonyl (C=O) groups is 1. The Bertz CT molecular complexity index is 597. The van der Waals surface area contributed by atoms with Gasteiger partial charge in [-0.3, -0.25) is 0 Å². The number of fused-ring (bicyclic) bond motifs is 1. The molecule has 1 heterocycles. The van der Waals surface area contributed by atoms with Crippen molar-refractivity contribution in [2.24, 2.45) is 0 Å².